The van der Waals surface area contributed by atoms with E-state index in [-0.39, 0.29) is 6.04 Å². The fraction of sp³-hybridized carbons (Fsp3) is 0.167. The number of benzene rings is 2. The number of nitrogen functional groups attached to an aromatic ring is 1. The molecule has 106 valence electrons. The van der Waals surface area contributed by atoms with Crippen LogP contribution in [-0.4, -0.2) is 10.7 Å². The van der Waals surface area contributed by atoms with Crippen LogP contribution in [0.1, 0.15) is 30.5 Å². The largest absolute Gasteiger partial charge is 0.399 e. The fourth-order valence-corrected chi connectivity index (χ4v) is 2.65. The highest BCUT2D eigenvalue weighted by Crippen LogP contribution is 2.36. The third-order valence-corrected chi connectivity index (χ3v) is 3.77. The van der Waals surface area contributed by atoms with Gasteiger partial charge in [0.05, 0.1) is 11.7 Å². The monoisotopic (exact) mass is 277 g/mol. The van der Waals surface area contributed by atoms with E-state index in [1.807, 2.05) is 35.3 Å². The molecule has 2 aromatic carbocycles. The van der Waals surface area contributed by atoms with Crippen molar-refractivity contribution in [2.45, 2.75) is 19.4 Å². The first-order chi connectivity index (χ1) is 10.1. The summed E-state index contributed by atoms with van der Waals surface area (Å²) in [6.45, 7) is 6.29. The van der Waals surface area contributed by atoms with Gasteiger partial charge in [-0.2, -0.15) is 5.10 Å². The Bertz CT molecular complexity index is 671. The van der Waals surface area contributed by atoms with E-state index in [1.54, 1.807) is 0 Å². The van der Waals surface area contributed by atoms with Crippen molar-refractivity contribution in [2.24, 2.45) is 5.10 Å². The molecule has 0 amide bonds. The molecule has 0 bridgehead atoms. The summed E-state index contributed by atoms with van der Waals surface area (Å²) in [5.41, 5.74) is 10.9. The second kappa shape index (κ2) is 5.44. The first-order valence-electron chi connectivity index (χ1n) is 7.08. The molecule has 0 aromatic heterocycles. The van der Waals surface area contributed by atoms with Crippen LogP contribution in [0.25, 0.3) is 5.70 Å². The summed E-state index contributed by atoms with van der Waals surface area (Å²) in [6, 6.07) is 18.4. The maximum Gasteiger partial charge on any atom is 0.0828 e. The van der Waals surface area contributed by atoms with Crippen LogP contribution in [0.3, 0.4) is 0 Å². The highest BCUT2D eigenvalue weighted by Gasteiger charge is 2.28. The van der Waals surface area contributed by atoms with Gasteiger partial charge in [-0.3, -0.25) is 5.01 Å². The predicted octanol–water partition coefficient (Wildman–Crippen LogP) is 4.06. The van der Waals surface area contributed by atoms with Gasteiger partial charge >= 0.3 is 0 Å². The second-order valence-corrected chi connectivity index (χ2v) is 5.38. The molecule has 1 aliphatic rings. The van der Waals surface area contributed by atoms with Gasteiger partial charge in [-0.15, -0.1) is 0 Å². The quantitative estimate of drug-likeness (QED) is 0.859. The first kappa shape index (κ1) is 13.4. The van der Waals surface area contributed by atoms with Crippen LogP contribution in [0.2, 0.25) is 0 Å². The molecule has 0 saturated carbocycles. The van der Waals surface area contributed by atoms with E-state index in [0.717, 1.165) is 29.1 Å². The number of nitrogens with zero attached hydrogens (tertiary/aromatic N) is 2. The molecule has 1 atom stereocenters. The number of nitrogens with two attached hydrogens (primary N) is 1. The molecule has 21 heavy (non-hydrogen) atoms. The average Bonchev–Trinajstić information content (AvgIpc) is 2.90. The van der Waals surface area contributed by atoms with Gasteiger partial charge < -0.3 is 5.73 Å². The summed E-state index contributed by atoms with van der Waals surface area (Å²) in [5.74, 6) is 0. The van der Waals surface area contributed by atoms with E-state index < -0.39 is 0 Å². The Morgan fingerprint density at radius 1 is 1.14 bits per heavy atom. The second-order valence-electron chi connectivity index (χ2n) is 5.38. The molecule has 1 heterocycles. The van der Waals surface area contributed by atoms with Crippen molar-refractivity contribution in [3.8, 4) is 0 Å². The topological polar surface area (TPSA) is 41.6 Å². The highest BCUT2D eigenvalue weighted by atomic mass is 15.5. The molecule has 3 nitrogen and oxygen atoms in total. The molecule has 0 fully saturated rings. The van der Waals surface area contributed by atoms with Crippen LogP contribution >= 0.6 is 0 Å². The smallest absolute Gasteiger partial charge is 0.0828 e. The lowest BCUT2D eigenvalue weighted by Gasteiger charge is -2.26. The van der Waals surface area contributed by atoms with Crippen LogP contribution in [0.15, 0.2) is 66.3 Å². The van der Waals surface area contributed by atoms with Crippen molar-refractivity contribution in [3.63, 3.8) is 0 Å². The Labute approximate surface area is 125 Å². The Hall–Kier alpha value is -2.55. The zero-order valence-electron chi connectivity index (χ0n) is 12.2. The Kier molecular flexibility index (Phi) is 3.48. The lowest BCUT2D eigenvalue weighted by atomic mass is 10.0. The van der Waals surface area contributed by atoms with Crippen molar-refractivity contribution in [3.05, 3.63) is 72.3 Å². The lowest BCUT2D eigenvalue weighted by molar-refractivity contribution is 0.350. The summed E-state index contributed by atoms with van der Waals surface area (Å²) in [4.78, 5) is 0. The predicted molar refractivity (Wildman–Crippen MR) is 88.6 cm³/mol. The third kappa shape index (κ3) is 2.68. The summed E-state index contributed by atoms with van der Waals surface area (Å²) in [5, 5.41) is 6.69. The third-order valence-electron chi connectivity index (χ3n) is 3.77. The maximum atomic E-state index is 5.78. The fourth-order valence-electron chi connectivity index (χ4n) is 2.65. The van der Waals surface area contributed by atoms with Crippen molar-refractivity contribution in [1.82, 2.24) is 5.01 Å². The van der Waals surface area contributed by atoms with Gasteiger partial charge in [-0.1, -0.05) is 49.0 Å². The maximum absolute atomic E-state index is 5.78. The van der Waals surface area contributed by atoms with E-state index in [1.165, 1.54) is 5.56 Å². The summed E-state index contributed by atoms with van der Waals surface area (Å²) in [7, 11) is 0. The van der Waals surface area contributed by atoms with Crippen molar-refractivity contribution in [2.75, 3.05) is 5.73 Å². The van der Waals surface area contributed by atoms with Gasteiger partial charge in [0.1, 0.15) is 0 Å². The molecule has 1 unspecified atom stereocenters. The standard InChI is InChI=1S/C18H19N3/c1-13-12-18(16-8-10-17(19)11-9-16)21(20-13)14(2)15-6-4-3-5-7-15/h3-11,18H,2,12,19H2,1H3. The van der Waals surface area contributed by atoms with Crippen molar-refractivity contribution in [1.29, 1.82) is 0 Å². The summed E-state index contributed by atoms with van der Waals surface area (Å²) in [6.07, 6.45) is 0.912. The minimum atomic E-state index is 0.193. The van der Waals surface area contributed by atoms with Gasteiger partial charge in [0, 0.05) is 17.8 Å². The van der Waals surface area contributed by atoms with E-state index in [9.17, 15) is 0 Å². The van der Waals surface area contributed by atoms with Crippen molar-refractivity contribution >= 4 is 17.1 Å². The number of hydrogen-bond donors (Lipinski definition) is 1. The molecule has 0 spiro atoms. The van der Waals surface area contributed by atoms with Crippen LogP contribution in [-0.2, 0) is 0 Å². The minimum Gasteiger partial charge on any atom is -0.399 e. The first-order valence-corrected chi connectivity index (χ1v) is 7.08. The number of rotatable bonds is 3. The van der Waals surface area contributed by atoms with Crippen molar-refractivity contribution < 1.29 is 0 Å². The number of anilines is 1. The SMILES string of the molecule is C=C(c1ccccc1)N1N=C(C)CC1c1ccc(N)cc1. The zero-order chi connectivity index (χ0) is 14.8. The van der Waals surface area contributed by atoms with E-state index in [0.29, 0.717) is 0 Å². The molecular weight excluding hydrogens is 258 g/mol. The lowest BCUT2D eigenvalue weighted by Crippen LogP contribution is -2.17. The summed E-state index contributed by atoms with van der Waals surface area (Å²) < 4.78 is 0. The molecule has 2 N–H and O–H groups in total. The normalized spacial score (nSPS) is 17.7. The average molecular weight is 277 g/mol. The van der Waals surface area contributed by atoms with E-state index in [4.69, 9.17) is 5.73 Å². The van der Waals surface area contributed by atoms with Gasteiger partial charge in [0.2, 0.25) is 0 Å². The Balaban J connectivity index is 1.92. The minimum absolute atomic E-state index is 0.193. The number of hydrazone groups is 1. The highest BCUT2D eigenvalue weighted by molar-refractivity contribution is 5.85. The van der Waals surface area contributed by atoms with Crippen LogP contribution in [0.4, 0.5) is 5.69 Å². The Morgan fingerprint density at radius 3 is 2.48 bits per heavy atom. The summed E-state index contributed by atoms with van der Waals surface area (Å²) >= 11 is 0. The molecular formula is C18H19N3. The van der Waals surface area contributed by atoms with Gasteiger partial charge in [0.25, 0.3) is 0 Å². The number of hydrogen-bond acceptors (Lipinski definition) is 3. The van der Waals surface area contributed by atoms with Crippen LogP contribution < -0.4 is 5.73 Å². The zero-order valence-corrected chi connectivity index (χ0v) is 12.2. The van der Waals surface area contributed by atoms with E-state index in [2.05, 4.69) is 42.9 Å². The molecule has 0 aliphatic carbocycles. The molecule has 3 rings (SSSR count). The molecule has 2 aromatic rings. The van der Waals surface area contributed by atoms with Gasteiger partial charge in [0.15, 0.2) is 0 Å². The Morgan fingerprint density at radius 2 is 1.81 bits per heavy atom. The van der Waals surface area contributed by atoms with Crippen LogP contribution in [0.5, 0.6) is 0 Å². The molecule has 1 aliphatic heterocycles. The van der Waals surface area contributed by atoms with Crippen LogP contribution in [0, 0.1) is 0 Å². The molecule has 0 saturated heterocycles. The van der Waals surface area contributed by atoms with Gasteiger partial charge in [-0.05, 0) is 30.2 Å². The molecule has 0 radical (unpaired) electrons. The van der Waals surface area contributed by atoms with E-state index >= 15 is 0 Å². The molecule has 3 heteroatoms. The van der Waals surface area contributed by atoms with Gasteiger partial charge in [-0.25, -0.2) is 0 Å².